The fraction of sp³-hybridized carbons (Fsp3) is 0.125. The molecule has 0 bridgehead atoms. The second kappa shape index (κ2) is 3.42. The van der Waals surface area contributed by atoms with E-state index in [0.717, 1.165) is 5.52 Å². The number of rotatable bonds is 1. The topological polar surface area (TPSA) is 28.7 Å². The summed E-state index contributed by atoms with van der Waals surface area (Å²) in [5.74, 6) is 0.739. The van der Waals surface area contributed by atoms with E-state index in [9.17, 15) is 4.39 Å². The first kappa shape index (κ1) is 9.21. The lowest BCUT2D eigenvalue weighted by Crippen LogP contribution is -1.80. The van der Waals surface area contributed by atoms with E-state index >= 15 is 0 Å². The van der Waals surface area contributed by atoms with Gasteiger partial charge in [-0.05, 0) is 28.7 Å². The fourth-order valence-corrected chi connectivity index (χ4v) is 1.70. The van der Waals surface area contributed by atoms with Crippen LogP contribution in [0.2, 0.25) is 0 Å². The molecule has 5 heteroatoms. The van der Waals surface area contributed by atoms with Gasteiger partial charge in [0.25, 0.3) is 0 Å². The van der Waals surface area contributed by atoms with Crippen molar-refractivity contribution in [2.45, 2.75) is 5.88 Å². The van der Waals surface area contributed by atoms with Crippen molar-refractivity contribution in [2.75, 3.05) is 0 Å². The smallest absolute Gasteiger partial charge is 0.138 e. The average molecular weight is 310 g/mol. The minimum atomic E-state index is -0.238. The third-order valence-corrected chi connectivity index (χ3v) is 2.78. The van der Waals surface area contributed by atoms with E-state index in [-0.39, 0.29) is 5.82 Å². The predicted octanol–water partition coefficient (Wildman–Crippen LogP) is 3.05. The second-order valence-electron chi connectivity index (χ2n) is 2.60. The summed E-state index contributed by atoms with van der Waals surface area (Å²) >= 11 is 7.52. The highest BCUT2D eigenvalue weighted by Gasteiger charge is 2.05. The molecule has 68 valence electrons. The van der Waals surface area contributed by atoms with Gasteiger partial charge in [-0.25, -0.2) is 9.37 Å². The summed E-state index contributed by atoms with van der Waals surface area (Å²) in [6.45, 7) is 0. The number of aromatic amines is 1. The van der Waals surface area contributed by atoms with Crippen LogP contribution in [0.1, 0.15) is 5.82 Å². The van der Waals surface area contributed by atoms with Crippen LogP contribution >= 0.6 is 34.2 Å². The molecule has 0 unspecified atom stereocenters. The molecule has 1 aromatic heterocycles. The van der Waals surface area contributed by atoms with Crippen molar-refractivity contribution in [2.24, 2.45) is 0 Å². The Morgan fingerprint density at radius 3 is 3.00 bits per heavy atom. The minimum Gasteiger partial charge on any atom is -0.341 e. The first-order valence-electron chi connectivity index (χ1n) is 3.60. The zero-order valence-corrected chi connectivity index (χ0v) is 9.36. The molecule has 0 saturated carbocycles. The Morgan fingerprint density at radius 2 is 2.31 bits per heavy atom. The third kappa shape index (κ3) is 1.65. The van der Waals surface area contributed by atoms with Gasteiger partial charge in [0.1, 0.15) is 11.6 Å². The first-order valence-corrected chi connectivity index (χ1v) is 5.21. The van der Waals surface area contributed by atoms with Gasteiger partial charge >= 0.3 is 0 Å². The Morgan fingerprint density at radius 1 is 1.54 bits per heavy atom. The van der Waals surface area contributed by atoms with Crippen LogP contribution in [0.15, 0.2) is 12.1 Å². The molecular weight excluding hydrogens is 305 g/mol. The number of hydrogen-bond donors (Lipinski definition) is 1. The van der Waals surface area contributed by atoms with E-state index in [0.29, 0.717) is 20.8 Å². The van der Waals surface area contributed by atoms with E-state index in [1.807, 2.05) is 22.6 Å². The van der Waals surface area contributed by atoms with Crippen LogP contribution in [0.5, 0.6) is 0 Å². The summed E-state index contributed by atoms with van der Waals surface area (Å²) in [5, 5.41) is 0. The number of imidazole rings is 1. The van der Waals surface area contributed by atoms with Gasteiger partial charge in [-0.15, -0.1) is 11.6 Å². The number of H-pyrrole nitrogens is 1. The molecular formula is C8H5ClFIN2. The van der Waals surface area contributed by atoms with Crippen LogP contribution in [0.3, 0.4) is 0 Å². The minimum absolute atomic E-state index is 0.238. The van der Waals surface area contributed by atoms with Gasteiger partial charge in [0.05, 0.1) is 20.5 Å². The number of fused-ring (bicyclic) bond motifs is 1. The van der Waals surface area contributed by atoms with Crippen molar-refractivity contribution in [1.82, 2.24) is 9.97 Å². The van der Waals surface area contributed by atoms with Gasteiger partial charge in [-0.3, -0.25) is 0 Å². The first-order chi connectivity index (χ1) is 6.20. The number of benzene rings is 1. The van der Waals surface area contributed by atoms with Crippen LogP contribution in [-0.2, 0) is 5.88 Å². The van der Waals surface area contributed by atoms with Gasteiger partial charge in [0.15, 0.2) is 0 Å². The monoisotopic (exact) mass is 310 g/mol. The maximum Gasteiger partial charge on any atom is 0.138 e. The molecule has 1 aromatic carbocycles. The highest BCUT2D eigenvalue weighted by atomic mass is 127. The van der Waals surface area contributed by atoms with Crippen LogP contribution in [0, 0.1) is 9.39 Å². The Bertz CT molecular complexity index is 416. The highest BCUT2D eigenvalue weighted by Crippen LogP contribution is 2.19. The lowest BCUT2D eigenvalue weighted by Gasteiger charge is -1.92. The van der Waals surface area contributed by atoms with Crippen molar-refractivity contribution in [3.8, 4) is 0 Å². The van der Waals surface area contributed by atoms with E-state index in [2.05, 4.69) is 9.97 Å². The Balaban J connectivity index is 2.70. The maximum atomic E-state index is 13.1. The molecule has 0 aliphatic rings. The molecule has 0 aliphatic heterocycles. The molecule has 0 spiro atoms. The molecule has 0 aliphatic carbocycles. The lowest BCUT2D eigenvalue weighted by molar-refractivity contribution is 0.622. The van der Waals surface area contributed by atoms with Gasteiger partial charge in [-0.1, -0.05) is 0 Å². The van der Waals surface area contributed by atoms with Gasteiger partial charge in [0.2, 0.25) is 0 Å². The molecule has 1 heterocycles. The zero-order chi connectivity index (χ0) is 9.42. The lowest BCUT2D eigenvalue weighted by atomic mass is 10.3. The summed E-state index contributed by atoms with van der Waals surface area (Å²) in [5.41, 5.74) is 1.44. The summed E-state index contributed by atoms with van der Waals surface area (Å²) in [6, 6.07) is 3.12. The molecule has 0 fully saturated rings. The summed E-state index contributed by atoms with van der Waals surface area (Å²) in [6.07, 6.45) is 0. The van der Waals surface area contributed by atoms with Crippen LogP contribution in [0.4, 0.5) is 4.39 Å². The number of nitrogens with zero attached hydrogens (tertiary/aromatic N) is 1. The standard InChI is InChI=1S/C8H5ClFIN2/c9-3-8-12-6-1-4(10)5(11)2-7(6)13-8/h1-2H,3H2,(H,12,13). The third-order valence-electron chi connectivity index (χ3n) is 1.70. The largest absolute Gasteiger partial charge is 0.341 e. The fourth-order valence-electron chi connectivity index (χ4n) is 1.12. The normalized spacial score (nSPS) is 11.0. The molecule has 2 aromatic rings. The summed E-state index contributed by atoms with van der Waals surface area (Å²) in [4.78, 5) is 7.10. The summed E-state index contributed by atoms with van der Waals surface area (Å²) < 4.78 is 13.6. The summed E-state index contributed by atoms with van der Waals surface area (Å²) in [7, 11) is 0. The van der Waals surface area contributed by atoms with Crippen molar-refractivity contribution in [1.29, 1.82) is 0 Å². The Labute approximate surface area is 92.6 Å². The molecule has 0 amide bonds. The van der Waals surface area contributed by atoms with Gasteiger partial charge < -0.3 is 4.98 Å². The van der Waals surface area contributed by atoms with E-state index in [1.54, 1.807) is 6.07 Å². The van der Waals surface area contributed by atoms with Crippen LogP contribution in [0.25, 0.3) is 11.0 Å². The Hall–Kier alpha value is -0.360. The van der Waals surface area contributed by atoms with Crippen molar-refractivity contribution < 1.29 is 4.39 Å². The number of aromatic nitrogens is 2. The number of nitrogens with one attached hydrogen (secondary N) is 1. The molecule has 0 radical (unpaired) electrons. The molecule has 0 atom stereocenters. The van der Waals surface area contributed by atoms with E-state index in [4.69, 9.17) is 11.6 Å². The molecule has 2 rings (SSSR count). The number of halogens is 3. The van der Waals surface area contributed by atoms with Crippen LogP contribution in [-0.4, -0.2) is 9.97 Å². The van der Waals surface area contributed by atoms with E-state index in [1.165, 1.54) is 6.07 Å². The number of alkyl halides is 1. The predicted molar refractivity (Wildman–Crippen MR) is 58.3 cm³/mol. The van der Waals surface area contributed by atoms with Crippen LogP contribution < -0.4 is 0 Å². The van der Waals surface area contributed by atoms with Crippen molar-refractivity contribution >= 4 is 45.2 Å². The molecule has 1 N–H and O–H groups in total. The average Bonchev–Trinajstić information content (AvgIpc) is 2.48. The quantitative estimate of drug-likeness (QED) is 0.636. The van der Waals surface area contributed by atoms with Crippen molar-refractivity contribution in [3.05, 3.63) is 27.3 Å². The Kier molecular flexibility index (Phi) is 2.42. The molecule has 0 saturated heterocycles. The second-order valence-corrected chi connectivity index (χ2v) is 4.03. The van der Waals surface area contributed by atoms with Crippen molar-refractivity contribution in [3.63, 3.8) is 0 Å². The van der Waals surface area contributed by atoms with Gasteiger partial charge in [0, 0.05) is 6.07 Å². The molecule has 13 heavy (non-hydrogen) atoms. The molecule has 2 nitrogen and oxygen atoms in total. The highest BCUT2D eigenvalue weighted by molar-refractivity contribution is 14.1. The van der Waals surface area contributed by atoms with E-state index < -0.39 is 0 Å². The zero-order valence-electron chi connectivity index (χ0n) is 6.44. The number of hydrogen-bond acceptors (Lipinski definition) is 1. The van der Waals surface area contributed by atoms with Gasteiger partial charge in [-0.2, -0.15) is 0 Å². The SMILES string of the molecule is Fc1cc2[nH]c(CCl)nc2cc1I. The maximum absolute atomic E-state index is 13.1.